The van der Waals surface area contributed by atoms with Gasteiger partial charge in [0.05, 0.1) is 17.1 Å². The van der Waals surface area contributed by atoms with Crippen molar-refractivity contribution in [2.45, 2.75) is 19.9 Å². The van der Waals surface area contributed by atoms with E-state index in [1.54, 1.807) is 12.0 Å². The Morgan fingerprint density at radius 2 is 2.19 bits per heavy atom. The summed E-state index contributed by atoms with van der Waals surface area (Å²) in [6.45, 7) is 4.49. The molecular formula is C13H20N4O4. The van der Waals surface area contributed by atoms with Gasteiger partial charge in [0.1, 0.15) is 5.69 Å². The molecule has 0 atom stereocenters. The van der Waals surface area contributed by atoms with E-state index in [2.05, 4.69) is 5.43 Å². The van der Waals surface area contributed by atoms with E-state index in [4.69, 9.17) is 10.6 Å². The van der Waals surface area contributed by atoms with Gasteiger partial charge in [-0.05, 0) is 19.9 Å². The number of ether oxygens (including phenoxy) is 1. The number of amides is 1. The lowest BCUT2D eigenvalue weighted by Gasteiger charge is -2.27. The van der Waals surface area contributed by atoms with Crippen molar-refractivity contribution in [3.8, 4) is 0 Å². The second-order valence-corrected chi connectivity index (χ2v) is 4.69. The lowest BCUT2D eigenvalue weighted by atomic mass is 10.1. The van der Waals surface area contributed by atoms with Crippen LogP contribution in [0.4, 0.5) is 11.4 Å². The smallest absolute Gasteiger partial charge is 0.294 e. The minimum atomic E-state index is -0.582. The number of anilines is 1. The number of para-hydroxylation sites is 1. The number of benzene rings is 1. The van der Waals surface area contributed by atoms with Crippen LogP contribution in [0.1, 0.15) is 24.2 Å². The van der Waals surface area contributed by atoms with E-state index in [9.17, 15) is 14.9 Å². The van der Waals surface area contributed by atoms with Crippen LogP contribution < -0.4 is 11.3 Å². The predicted molar refractivity (Wildman–Crippen MR) is 79.0 cm³/mol. The fourth-order valence-electron chi connectivity index (χ4n) is 1.96. The molecule has 1 rings (SSSR count). The van der Waals surface area contributed by atoms with Gasteiger partial charge >= 0.3 is 0 Å². The molecule has 8 heteroatoms. The number of hydrogen-bond donors (Lipinski definition) is 2. The number of hydrazine groups is 1. The minimum absolute atomic E-state index is 0.00978. The summed E-state index contributed by atoms with van der Waals surface area (Å²) in [4.78, 5) is 24.6. The highest BCUT2D eigenvalue weighted by molar-refractivity contribution is 6.01. The number of nitrogens with zero attached hydrogens (tertiary/aromatic N) is 2. The van der Waals surface area contributed by atoms with Crippen molar-refractivity contribution in [1.29, 1.82) is 0 Å². The summed E-state index contributed by atoms with van der Waals surface area (Å²) in [5, 5.41) is 11.0. The number of methoxy groups -OCH3 is 1. The van der Waals surface area contributed by atoms with Crippen molar-refractivity contribution in [1.82, 2.24) is 4.90 Å². The largest absolute Gasteiger partial charge is 0.383 e. The Bertz CT molecular complexity index is 519. The highest BCUT2D eigenvalue weighted by atomic mass is 16.6. The van der Waals surface area contributed by atoms with Gasteiger partial charge in [-0.2, -0.15) is 0 Å². The zero-order valence-corrected chi connectivity index (χ0v) is 12.3. The number of hydrogen-bond acceptors (Lipinski definition) is 6. The Hall–Kier alpha value is -2.19. The first-order valence-corrected chi connectivity index (χ1v) is 6.48. The summed E-state index contributed by atoms with van der Waals surface area (Å²) in [6, 6.07) is 4.19. The number of nitrogen functional groups attached to an aromatic ring is 1. The van der Waals surface area contributed by atoms with E-state index in [0.717, 1.165) is 0 Å². The maximum absolute atomic E-state index is 12.6. The highest BCUT2D eigenvalue weighted by Gasteiger charge is 2.25. The van der Waals surface area contributed by atoms with Crippen molar-refractivity contribution in [2.24, 2.45) is 5.84 Å². The lowest BCUT2D eigenvalue weighted by molar-refractivity contribution is -0.384. The zero-order valence-electron chi connectivity index (χ0n) is 12.3. The SMILES string of the molecule is COCCN(C(=O)c1cccc([N+](=O)[O-])c1NN)C(C)C. The molecule has 1 aromatic rings. The first-order chi connectivity index (χ1) is 9.93. The average Bonchev–Trinajstić information content (AvgIpc) is 2.45. The topological polar surface area (TPSA) is 111 Å². The molecule has 0 aliphatic rings. The third-order valence-electron chi connectivity index (χ3n) is 3.03. The maximum atomic E-state index is 12.6. The van der Waals surface area contributed by atoms with Crippen LogP contribution in [-0.4, -0.2) is 42.0 Å². The molecule has 0 aliphatic heterocycles. The Kier molecular flexibility index (Phi) is 6.07. The van der Waals surface area contributed by atoms with Crippen LogP contribution in [0.15, 0.2) is 18.2 Å². The summed E-state index contributed by atoms with van der Waals surface area (Å²) in [7, 11) is 1.54. The van der Waals surface area contributed by atoms with Crippen molar-refractivity contribution < 1.29 is 14.5 Å². The molecule has 1 aromatic carbocycles. The molecule has 1 amide bonds. The van der Waals surface area contributed by atoms with Crippen LogP contribution in [0.5, 0.6) is 0 Å². The molecule has 116 valence electrons. The molecule has 0 heterocycles. The summed E-state index contributed by atoms with van der Waals surface area (Å²) in [5.41, 5.74) is 2.19. The summed E-state index contributed by atoms with van der Waals surface area (Å²) >= 11 is 0. The molecule has 0 aliphatic carbocycles. The minimum Gasteiger partial charge on any atom is -0.383 e. The van der Waals surface area contributed by atoms with Gasteiger partial charge in [0.25, 0.3) is 11.6 Å². The van der Waals surface area contributed by atoms with Crippen LogP contribution in [0.2, 0.25) is 0 Å². The number of carbonyl (C=O) groups is 1. The van der Waals surface area contributed by atoms with Crippen molar-refractivity contribution in [2.75, 3.05) is 25.7 Å². The number of nitrogens with one attached hydrogen (secondary N) is 1. The molecular weight excluding hydrogens is 276 g/mol. The third-order valence-corrected chi connectivity index (χ3v) is 3.03. The van der Waals surface area contributed by atoms with Gasteiger partial charge in [-0.25, -0.2) is 0 Å². The molecule has 0 unspecified atom stereocenters. The highest BCUT2D eigenvalue weighted by Crippen LogP contribution is 2.28. The van der Waals surface area contributed by atoms with E-state index in [1.165, 1.54) is 18.2 Å². The lowest BCUT2D eigenvalue weighted by Crippen LogP contribution is -2.39. The van der Waals surface area contributed by atoms with Gasteiger partial charge in [-0.15, -0.1) is 0 Å². The number of rotatable bonds is 7. The molecule has 0 bridgehead atoms. The van der Waals surface area contributed by atoms with Gasteiger partial charge in [0.2, 0.25) is 0 Å². The Morgan fingerprint density at radius 1 is 1.52 bits per heavy atom. The van der Waals surface area contributed by atoms with E-state index < -0.39 is 4.92 Å². The van der Waals surface area contributed by atoms with E-state index in [0.29, 0.717) is 13.2 Å². The van der Waals surface area contributed by atoms with Gasteiger partial charge in [0.15, 0.2) is 0 Å². The summed E-state index contributed by atoms with van der Waals surface area (Å²) in [6.07, 6.45) is 0. The molecule has 0 spiro atoms. The van der Waals surface area contributed by atoms with Crippen LogP contribution in [0, 0.1) is 10.1 Å². The molecule has 8 nitrogen and oxygen atoms in total. The summed E-state index contributed by atoms with van der Waals surface area (Å²) in [5.74, 6) is 5.02. The molecule has 0 radical (unpaired) electrons. The first-order valence-electron chi connectivity index (χ1n) is 6.48. The average molecular weight is 296 g/mol. The molecule has 0 aromatic heterocycles. The van der Waals surface area contributed by atoms with Gasteiger partial charge in [0, 0.05) is 25.8 Å². The van der Waals surface area contributed by atoms with Crippen LogP contribution in [0.25, 0.3) is 0 Å². The Balaban J connectivity index is 3.21. The quantitative estimate of drug-likeness (QED) is 0.446. The molecule has 0 saturated heterocycles. The van der Waals surface area contributed by atoms with Gasteiger partial charge < -0.3 is 15.1 Å². The maximum Gasteiger partial charge on any atom is 0.294 e. The molecule has 21 heavy (non-hydrogen) atoms. The number of nitro groups is 1. The van der Waals surface area contributed by atoms with E-state index in [-0.39, 0.29) is 28.9 Å². The summed E-state index contributed by atoms with van der Waals surface area (Å²) < 4.78 is 4.98. The Labute approximate surface area is 123 Å². The number of carbonyl (C=O) groups excluding carboxylic acids is 1. The Morgan fingerprint density at radius 3 is 2.67 bits per heavy atom. The third kappa shape index (κ3) is 3.89. The molecule has 3 N–H and O–H groups in total. The zero-order chi connectivity index (χ0) is 16.0. The van der Waals surface area contributed by atoms with E-state index >= 15 is 0 Å². The van der Waals surface area contributed by atoms with Crippen molar-refractivity contribution >= 4 is 17.3 Å². The molecule has 0 fully saturated rings. The second kappa shape index (κ2) is 7.55. The monoisotopic (exact) mass is 296 g/mol. The second-order valence-electron chi connectivity index (χ2n) is 4.69. The fraction of sp³-hybridized carbons (Fsp3) is 0.462. The van der Waals surface area contributed by atoms with Crippen LogP contribution in [0.3, 0.4) is 0 Å². The van der Waals surface area contributed by atoms with Crippen molar-refractivity contribution in [3.05, 3.63) is 33.9 Å². The van der Waals surface area contributed by atoms with Crippen LogP contribution in [-0.2, 0) is 4.74 Å². The van der Waals surface area contributed by atoms with Gasteiger partial charge in [-0.3, -0.25) is 20.8 Å². The number of nitro benzene ring substituents is 1. The predicted octanol–water partition coefficient (Wildman–Crippen LogP) is 1.38. The van der Waals surface area contributed by atoms with Crippen LogP contribution >= 0.6 is 0 Å². The normalized spacial score (nSPS) is 10.5. The standard InChI is InChI=1S/C13H20N4O4/c1-9(2)16(7-8-21-3)13(18)10-5-4-6-11(17(19)20)12(10)15-14/h4-6,9,15H,7-8,14H2,1-3H3. The van der Waals surface area contributed by atoms with Gasteiger partial charge in [-0.1, -0.05) is 6.07 Å². The fourth-order valence-corrected chi connectivity index (χ4v) is 1.96. The first kappa shape index (κ1) is 16.9. The van der Waals surface area contributed by atoms with E-state index in [1.807, 2.05) is 13.8 Å². The molecule has 0 saturated carbocycles. The van der Waals surface area contributed by atoms with Crippen molar-refractivity contribution in [3.63, 3.8) is 0 Å². The number of nitrogens with two attached hydrogens (primary N) is 1.